The molecule has 0 fully saturated rings. The topological polar surface area (TPSA) is 130 Å². The molecule has 4 N–H and O–H groups in total. The Morgan fingerprint density at radius 2 is 1.62 bits per heavy atom. The minimum Gasteiger partial charge on any atom is -0.381 e. The van der Waals surface area contributed by atoms with Gasteiger partial charge in [-0.3, -0.25) is 4.98 Å². The summed E-state index contributed by atoms with van der Waals surface area (Å²) >= 11 is 0. The second kappa shape index (κ2) is 8.07. The number of pyridine rings is 2. The van der Waals surface area contributed by atoms with Gasteiger partial charge in [-0.2, -0.15) is 0 Å². The number of fused-ring (bicyclic) bond motifs is 1. The lowest BCUT2D eigenvalue weighted by Crippen LogP contribution is -2.24. The molecule has 0 aliphatic heterocycles. The number of anilines is 2. The summed E-state index contributed by atoms with van der Waals surface area (Å²) in [6, 6.07) is 16.0. The van der Waals surface area contributed by atoms with Gasteiger partial charge in [0.15, 0.2) is 17.3 Å². The fourth-order valence-corrected chi connectivity index (χ4v) is 4.00. The predicted molar refractivity (Wildman–Crippen MR) is 128 cm³/mol. The molecule has 0 saturated heterocycles. The normalized spacial score (nSPS) is 11.3. The van der Waals surface area contributed by atoms with Crippen LogP contribution in [0.3, 0.4) is 0 Å². The molecule has 0 atom stereocenters. The number of nitrogens with two attached hydrogens (primary N) is 2. The number of halogens is 1. The maximum Gasteiger partial charge on any atom is 0.353 e. The molecule has 0 spiro atoms. The van der Waals surface area contributed by atoms with E-state index in [1.807, 2.05) is 56.3 Å². The zero-order chi connectivity index (χ0) is 24.0. The molecule has 0 unspecified atom stereocenters. The Kier molecular flexibility index (Phi) is 5.05. The Balaban J connectivity index is 1.80. The first kappa shape index (κ1) is 21.3. The highest BCUT2D eigenvalue weighted by Gasteiger charge is 2.22. The van der Waals surface area contributed by atoms with E-state index in [1.54, 1.807) is 0 Å². The lowest BCUT2D eigenvalue weighted by Gasteiger charge is -2.13. The number of hydrogen-bond donors (Lipinski definition) is 2. The molecule has 10 heteroatoms. The largest absolute Gasteiger partial charge is 0.381 e. The van der Waals surface area contributed by atoms with Crippen molar-refractivity contribution in [3.05, 3.63) is 88.0 Å². The van der Waals surface area contributed by atoms with Crippen molar-refractivity contribution in [2.45, 2.75) is 20.4 Å². The zero-order valence-corrected chi connectivity index (χ0v) is 18.5. The van der Waals surface area contributed by atoms with Gasteiger partial charge in [-0.1, -0.05) is 30.3 Å². The lowest BCUT2D eigenvalue weighted by molar-refractivity contribution is 0.614. The minimum absolute atomic E-state index is 0.00272. The van der Waals surface area contributed by atoms with E-state index in [1.165, 1.54) is 21.2 Å². The summed E-state index contributed by atoms with van der Waals surface area (Å²) in [5, 5.41) is 4.59. The van der Waals surface area contributed by atoms with E-state index < -0.39 is 11.5 Å². The van der Waals surface area contributed by atoms with Crippen molar-refractivity contribution in [3.63, 3.8) is 0 Å². The van der Waals surface area contributed by atoms with Crippen LogP contribution in [0.15, 0.2) is 59.4 Å². The van der Waals surface area contributed by atoms with Crippen molar-refractivity contribution >= 4 is 17.4 Å². The van der Waals surface area contributed by atoms with Crippen molar-refractivity contribution in [2.75, 3.05) is 11.5 Å². The number of aryl methyl sites for hydroxylation is 2. The SMILES string of the molecule is Cc1cc(-c2c(-c3ccccc3)nc(N)n3c(=O)n(Cc4ccc(F)c(N)n4)nc23)cc(C)n1. The van der Waals surface area contributed by atoms with E-state index in [2.05, 4.69) is 20.1 Å². The van der Waals surface area contributed by atoms with Gasteiger partial charge in [0.2, 0.25) is 5.95 Å². The van der Waals surface area contributed by atoms with Crippen LogP contribution in [0.5, 0.6) is 0 Å². The number of nitrogen functional groups attached to an aromatic ring is 2. The van der Waals surface area contributed by atoms with Crippen LogP contribution in [0, 0.1) is 19.7 Å². The van der Waals surface area contributed by atoms with E-state index in [9.17, 15) is 9.18 Å². The molecule has 9 nitrogen and oxygen atoms in total. The molecule has 5 aromatic rings. The monoisotopic (exact) mass is 456 g/mol. The van der Waals surface area contributed by atoms with Gasteiger partial charge in [-0.05, 0) is 43.7 Å². The highest BCUT2D eigenvalue weighted by molar-refractivity contribution is 5.90. The van der Waals surface area contributed by atoms with Crippen LogP contribution in [-0.2, 0) is 6.54 Å². The fraction of sp³-hybridized carbons (Fsp3) is 0.125. The molecule has 0 radical (unpaired) electrons. The third-order valence-corrected chi connectivity index (χ3v) is 5.42. The van der Waals surface area contributed by atoms with E-state index in [0.717, 1.165) is 22.5 Å². The number of benzene rings is 1. The summed E-state index contributed by atoms with van der Waals surface area (Å²) < 4.78 is 16.0. The molecule has 34 heavy (non-hydrogen) atoms. The second-order valence-electron chi connectivity index (χ2n) is 7.97. The standard InChI is InChI=1S/C24H21FN8O/c1-13-10-16(11-14(2)28-13)19-20(15-6-4-3-5-7-15)30-23(27)33-22(19)31-32(24(33)34)12-17-8-9-18(25)21(26)29-17/h3-11H,12H2,1-2H3,(H2,26,29)(H2,27,30). The molecule has 5 rings (SSSR count). The van der Waals surface area contributed by atoms with Crippen LogP contribution in [0.2, 0.25) is 0 Å². The summed E-state index contributed by atoms with van der Waals surface area (Å²) in [4.78, 5) is 26.3. The Hall–Kier alpha value is -4.60. The Morgan fingerprint density at radius 3 is 2.29 bits per heavy atom. The maximum absolute atomic E-state index is 13.5. The summed E-state index contributed by atoms with van der Waals surface area (Å²) in [6.45, 7) is 3.78. The van der Waals surface area contributed by atoms with E-state index in [-0.39, 0.29) is 18.3 Å². The van der Waals surface area contributed by atoms with Gasteiger partial charge in [-0.25, -0.2) is 28.2 Å². The number of hydrogen-bond acceptors (Lipinski definition) is 7. The third-order valence-electron chi connectivity index (χ3n) is 5.42. The molecule has 0 saturated carbocycles. The third kappa shape index (κ3) is 3.64. The van der Waals surface area contributed by atoms with Crippen LogP contribution in [0.25, 0.3) is 28.0 Å². The quantitative estimate of drug-likeness (QED) is 0.425. The molecule has 1 aromatic carbocycles. The Bertz CT molecular complexity index is 1590. The molecule has 0 amide bonds. The van der Waals surface area contributed by atoms with Crippen molar-refractivity contribution in [2.24, 2.45) is 0 Å². The van der Waals surface area contributed by atoms with Crippen molar-refractivity contribution in [1.82, 2.24) is 29.1 Å². The molecule has 0 aliphatic carbocycles. The molecule has 0 aliphatic rings. The smallest absolute Gasteiger partial charge is 0.353 e. The van der Waals surface area contributed by atoms with Crippen LogP contribution in [0.4, 0.5) is 16.2 Å². The van der Waals surface area contributed by atoms with Crippen molar-refractivity contribution in [3.8, 4) is 22.4 Å². The Morgan fingerprint density at radius 1 is 0.912 bits per heavy atom. The molecule has 170 valence electrons. The first-order valence-electron chi connectivity index (χ1n) is 10.5. The van der Waals surface area contributed by atoms with Gasteiger partial charge in [0, 0.05) is 17.0 Å². The van der Waals surface area contributed by atoms with Crippen LogP contribution in [0.1, 0.15) is 17.1 Å². The molecule has 4 aromatic heterocycles. The van der Waals surface area contributed by atoms with Crippen LogP contribution >= 0.6 is 0 Å². The van der Waals surface area contributed by atoms with Crippen molar-refractivity contribution in [1.29, 1.82) is 0 Å². The number of nitrogens with zero attached hydrogens (tertiary/aromatic N) is 6. The first-order chi connectivity index (χ1) is 16.3. The maximum atomic E-state index is 13.5. The summed E-state index contributed by atoms with van der Waals surface area (Å²) in [5.41, 5.74) is 16.6. The van der Waals surface area contributed by atoms with E-state index >= 15 is 0 Å². The van der Waals surface area contributed by atoms with Gasteiger partial charge in [-0.15, -0.1) is 5.10 Å². The highest BCUT2D eigenvalue weighted by Crippen LogP contribution is 2.34. The van der Waals surface area contributed by atoms with Gasteiger partial charge in [0.25, 0.3) is 0 Å². The van der Waals surface area contributed by atoms with Crippen molar-refractivity contribution < 1.29 is 4.39 Å². The summed E-state index contributed by atoms with van der Waals surface area (Å²) in [7, 11) is 0. The first-order valence-corrected chi connectivity index (χ1v) is 10.5. The zero-order valence-electron chi connectivity index (χ0n) is 18.5. The van der Waals surface area contributed by atoms with Gasteiger partial charge < -0.3 is 11.5 Å². The number of aromatic nitrogens is 6. The second-order valence-corrected chi connectivity index (χ2v) is 7.97. The van der Waals surface area contributed by atoms with Gasteiger partial charge in [0.1, 0.15) is 0 Å². The molecular formula is C24H21FN8O. The van der Waals surface area contributed by atoms with Crippen LogP contribution < -0.4 is 17.2 Å². The minimum atomic E-state index is -0.627. The summed E-state index contributed by atoms with van der Waals surface area (Å²) in [6.07, 6.45) is 0. The summed E-state index contributed by atoms with van der Waals surface area (Å²) in [5.74, 6) is -0.869. The van der Waals surface area contributed by atoms with E-state index in [4.69, 9.17) is 11.5 Å². The molecule has 0 bridgehead atoms. The Labute approximate surface area is 193 Å². The van der Waals surface area contributed by atoms with E-state index in [0.29, 0.717) is 22.6 Å². The highest BCUT2D eigenvalue weighted by atomic mass is 19.1. The average Bonchev–Trinajstić information content (AvgIpc) is 3.12. The van der Waals surface area contributed by atoms with Gasteiger partial charge in [0.05, 0.1) is 23.5 Å². The average molecular weight is 456 g/mol. The molecular weight excluding hydrogens is 435 g/mol. The van der Waals surface area contributed by atoms with Crippen LogP contribution in [-0.4, -0.2) is 29.1 Å². The predicted octanol–water partition coefficient (Wildman–Crippen LogP) is 2.98. The van der Waals surface area contributed by atoms with Gasteiger partial charge >= 0.3 is 5.69 Å². The molecule has 4 heterocycles. The fourth-order valence-electron chi connectivity index (χ4n) is 4.00. The lowest BCUT2D eigenvalue weighted by atomic mass is 9.99. The number of rotatable bonds is 4.